The van der Waals surface area contributed by atoms with E-state index in [-0.39, 0.29) is 0 Å². The zero-order valence-corrected chi connectivity index (χ0v) is 11.6. The Bertz CT molecular complexity index is 629. The molecule has 0 unspecified atom stereocenters. The van der Waals surface area contributed by atoms with Gasteiger partial charge in [0.25, 0.3) is 0 Å². The Morgan fingerprint density at radius 2 is 2.05 bits per heavy atom. The number of methoxy groups -OCH3 is 1. The molecule has 0 fully saturated rings. The van der Waals surface area contributed by atoms with E-state index in [1.165, 1.54) is 5.56 Å². The number of para-hydroxylation sites is 1. The number of hydrogen-bond donors (Lipinski definition) is 1. The lowest BCUT2D eigenvalue weighted by molar-refractivity contribution is 0.386. The number of aromatic nitrogens is 2. The zero-order valence-electron chi connectivity index (χ0n) is 11.6. The average molecular weight is 271 g/mol. The largest absolute Gasteiger partial charge is 0.481 e. The second-order valence-electron chi connectivity index (χ2n) is 4.72. The smallest absolute Gasteiger partial charge is 0.226 e. The molecule has 20 heavy (non-hydrogen) atoms. The highest BCUT2D eigenvalue weighted by molar-refractivity contribution is 5.64. The van der Waals surface area contributed by atoms with E-state index in [1.54, 1.807) is 13.2 Å². The number of rotatable bonds is 3. The molecule has 2 aromatic rings. The second-order valence-corrected chi connectivity index (χ2v) is 4.72. The van der Waals surface area contributed by atoms with Gasteiger partial charge in [0.15, 0.2) is 5.75 Å². The van der Waals surface area contributed by atoms with E-state index < -0.39 is 0 Å². The van der Waals surface area contributed by atoms with Crippen molar-refractivity contribution in [3.63, 3.8) is 0 Å². The molecule has 1 aromatic heterocycles. The van der Waals surface area contributed by atoms with E-state index in [9.17, 15) is 0 Å². The van der Waals surface area contributed by atoms with Crippen LogP contribution < -0.4 is 14.8 Å². The number of benzene rings is 1. The van der Waals surface area contributed by atoms with Gasteiger partial charge in [-0.3, -0.25) is 0 Å². The minimum atomic E-state index is 0.495. The van der Waals surface area contributed by atoms with Crippen LogP contribution in [0.15, 0.2) is 24.3 Å². The highest BCUT2D eigenvalue weighted by atomic mass is 16.5. The first-order valence-electron chi connectivity index (χ1n) is 6.69. The van der Waals surface area contributed by atoms with E-state index >= 15 is 0 Å². The van der Waals surface area contributed by atoms with Gasteiger partial charge in [0.2, 0.25) is 11.8 Å². The molecule has 2 heterocycles. The van der Waals surface area contributed by atoms with Gasteiger partial charge < -0.3 is 14.8 Å². The van der Waals surface area contributed by atoms with Crippen molar-refractivity contribution in [2.45, 2.75) is 19.8 Å². The second kappa shape index (κ2) is 5.36. The molecular weight excluding hydrogens is 254 g/mol. The molecule has 0 atom stereocenters. The van der Waals surface area contributed by atoms with E-state index in [2.05, 4.69) is 21.4 Å². The van der Waals surface area contributed by atoms with Gasteiger partial charge in [0, 0.05) is 6.54 Å². The van der Waals surface area contributed by atoms with Crippen molar-refractivity contribution in [1.29, 1.82) is 0 Å². The van der Waals surface area contributed by atoms with Crippen LogP contribution in [0.4, 0.5) is 5.69 Å². The molecule has 1 aliphatic rings. The fourth-order valence-electron chi connectivity index (χ4n) is 2.35. The van der Waals surface area contributed by atoms with Crippen molar-refractivity contribution in [1.82, 2.24) is 9.97 Å². The molecule has 0 spiro atoms. The molecule has 0 radical (unpaired) electrons. The molecule has 1 aromatic carbocycles. The summed E-state index contributed by atoms with van der Waals surface area (Å²) in [6.45, 7) is 2.79. The SMILES string of the molecule is COc1cc(Oc2cccc3c2NCCC3)nc(C)n1. The van der Waals surface area contributed by atoms with Gasteiger partial charge in [-0.25, -0.2) is 0 Å². The van der Waals surface area contributed by atoms with Gasteiger partial charge in [0.1, 0.15) is 5.82 Å². The molecule has 0 saturated heterocycles. The maximum absolute atomic E-state index is 5.91. The van der Waals surface area contributed by atoms with E-state index in [0.717, 1.165) is 30.8 Å². The summed E-state index contributed by atoms with van der Waals surface area (Å²) in [4.78, 5) is 8.44. The molecule has 1 N–H and O–H groups in total. The Balaban J connectivity index is 1.93. The number of fused-ring (bicyclic) bond motifs is 1. The summed E-state index contributed by atoms with van der Waals surface area (Å²) in [5, 5.41) is 3.40. The highest BCUT2D eigenvalue weighted by Gasteiger charge is 2.14. The van der Waals surface area contributed by atoms with Gasteiger partial charge >= 0.3 is 0 Å². The molecule has 5 nitrogen and oxygen atoms in total. The van der Waals surface area contributed by atoms with E-state index in [1.807, 2.05) is 19.1 Å². The minimum absolute atomic E-state index is 0.495. The summed E-state index contributed by atoms with van der Waals surface area (Å²) < 4.78 is 11.0. The first-order valence-corrected chi connectivity index (χ1v) is 6.69. The summed E-state index contributed by atoms with van der Waals surface area (Å²) >= 11 is 0. The number of anilines is 1. The lowest BCUT2D eigenvalue weighted by atomic mass is 10.0. The van der Waals surface area contributed by atoms with Gasteiger partial charge in [-0.05, 0) is 31.4 Å². The molecule has 0 amide bonds. The fourth-order valence-corrected chi connectivity index (χ4v) is 2.35. The van der Waals surface area contributed by atoms with Crippen LogP contribution >= 0.6 is 0 Å². The van der Waals surface area contributed by atoms with E-state index in [0.29, 0.717) is 17.6 Å². The predicted molar refractivity (Wildman–Crippen MR) is 76.6 cm³/mol. The topological polar surface area (TPSA) is 56.3 Å². The van der Waals surface area contributed by atoms with Crippen LogP contribution in [0.5, 0.6) is 17.5 Å². The highest BCUT2D eigenvalue weighted by Crippen LogP contribution is 2.35. The van der Waals surface area contributed by atoms with Crippen LogP contribution in [0.1, 0.15) is 17.8 Å². The minimum Gasteiger partial charge on any atom is -0.481 e. The normalized spacial score (nSPS) is 13.3. The van der Waals surface area contributed by atoms with Crippen molar-refractivity contribution in [2.75, 3.05) is 19.0 Å². The Morgan fingerprint density at radius 3 is 2.90 bits per heavy atom. The van der Waals surface area contributed by atoms with Crippen LogP contribution in [0, 0.1) is 6.92 Å². The van der Waals surface area contributed by atoms with Crippen molar-refractivity contribution >= 4 is 5.69 Å². The van der Waals surface area contributed by atoms with E-state index in [4.69, 9.17) is 9.47 Å². The van der Waals surface area contributed by atoms with Crippen molar-refractivity contribution in [3.05, 3.63) is 35.7 Å². The lowest BCUT2D eigenvalue weighted by Gasteiger charge is -2.20. The first kappa shape index (κ1) is 12.7. The van der Waals surface area contributed by atoms with Crippen LogP contribution in [-0.2, 0) is 6.42 Å². The van der Waals surface area contributed by atoms with Gasteiger partial charge in [-0.15, -0.1) is 0 Å². The monoisotopic (exact) mass is 271 g/mol. The Kier molecular flexibility index (Phi) is 3.41. The Morgan fingerprint density at radius 1 is 1.20 bits per heavy atom. The maximum atomic E-state index is 5.91. The summed E-state index contributed by atoms with van der Waals surface area (Å²) in [5.41, 5.74) is 2.35. The van der Waals surface area contributed by atoms with Gasteiger partial charge in [-0.2, -0.15) is 9.97 Å². The fraction of sp³-hybridized carbons (Fsp3) is 0.333. The predicted octanol–water partition coefficient (Wildman–Crippen LogP) is 2.94. The maximum Gasteiger partial charge on any atom is 0.226 e. The molecule has 3 rings (SSSR count). The lowest BCUT2D eigenvalue weighted by Crippen LogP contribution is -2.12. The number of nitrogens with zero attached hydrogens (tertiary/aromatic N) is 2. The number of nitrogens with one attached hydrogen (secondary N) is 1. The van der Waals surface area contributed by atoms with Crippen molar-refractivity contribution in [2.24, 2.45) is 0 Å². The Hall–Kier alpha value is -2.30. The Labute approximate surface area is 118 Å². The number of ether oxygens (including phenoxy) is 2. The first-order chi connectivity index (χ1) is 9.76. The standard InChI is InChI=1S/C15H17N3O2/c1-10-17-13(19-2)9-14(18-10)20-12-7-3-5-11-6-4-8-16-15(11)12/h3,5,7,9,16H,4,6,8H2,1-2H3. The van der Waals surface area contributed by atoms with Crippen LogP contribution in [0.25, 0.3) is 0 Å². The zero-order chi connectivity index (χ0) is 13.9. The molecular formula is C15H17N3O2. The number of aryl methyl sites for hydroxylation is 2. The summed E-state index contributed by atoms with van der Waals surface area (Å²) in [7, 11) is 1.58. The summed E-state index contributed by atoms with van der Waals surface area (Å²) in [6.07, 6.45) is 2.22. The van der Waals surface area contributed by atoms with Crippen LogP contribution in [-0.4, -0.2) is 23.6 Å². The molecule has 104 valence electrons. The third-order valence-corrected chi connectivity index (χ3v) is 3.25. The molecule has 1 aliphatic heterocycles. The summed E-state index contributed by atoms with van der Waals surface area (Å²) in [5.74, 6) is 2.42. The summed E-state index contributed by atoms with van der Waals surface area (Å²) in [6, 6.07) is 7.77. The average Bonchev–Trinajstić information content (AvgIpc) is 2.47. The molecule has 5 heteroatoms. The third kappa shape index (κ3) is 2.52. The van der Waals surface area contributed by atoms with Crippen LogP contribution in [0.3, 0.4) is 0 Å². The third-order valence-electron chi connectivity index (χ3n) is 3.25. The molecule has 0 bridgehead atoms. The quantitative estimate of drug-likeness (QED) is 0.930. The van der Waals surface area contributed by atoms with Gasteiger partial charge in [-0.1, -0.05) is 12.1 Å². The number of hydrogen-bond acceptors (Lipinski definition) is 5. The molecule has 0 aliphatic carbocycles. The van der Waals surface area contributed by atoms with Crippen LogP contribution in [0.2, 0.25) is 0 Å². The molecule has 0 saturated carbocycles. The van der Waals surface area contributed by atoms with Crippen molar-refractivity contribution in [3.8, 4) is 17.5 Å². The van der Waals surface area contributed by atoms with Gasteiger partial charge in [0.05, 0.1) is 18.9 Å². The van der Waals surface area contributed by atoms with Crippen molar-refractivity contribution < 1.29 is 9.47 Å².